The number of rotatable bonds is 5. The van der Waals surface area contributed by atoms with E-state index in [0.29, 0.717) is 15.7 Å². The summed E-state index contributed by atoms with van der Waals surface area (Å²) in [6.07, 6.45) is 0. The Morgan fingerprint density at radius 2 is 1.83 bits per heavy atom. The first-order valence-electron chi connectivity index (χ1n) is 7.29. The first-order valence-corrected chi connectivity index (χ1v) is 8.93. The number of thiophene rings is 1. The Hall–Kier alpha value is -1.07. The van der Waals surface area contributed by atoms with Gasteiger partial charge < -0.3 is 10.6 Å². The lowest BCUT2D eigenvalue weighted by Gasteiger charge is -2.30. The zero-order chi connectivity index (χ0) is 17.0. The summed E-state index contributed by atoms with van der Waals surface area (Å²) in [5, 5.41) is 9.00. The molecule has 1 aromatic heterocycles. The third-order valence-electron chi connectivity index (χ3n) is 3.39. The molecule has 1 atom stereocenters. The standard InChI is InChI=1S/C17H20Cl2N2OS/c1-17(2,3)16(13-8-5-9-23-13)20-10-14(22)21-15-11(18)6-4-7-12(15)19/h4-9,16,20H,10H2,1-3H3,(H,21,22). The molecule has 0 spiro atoms. The minimum atomic E-state index is -0.175. The summed E-state index contributed by atoms with van der Waals surface area (Å²) in [6.45, 7) is 6.62. The number of hydrogen-bond acceptors (Lipinski definition) is 3. The summed E-state index contributed by atoms with van der Waals surface area (Å²) in [4.78, 5) is 13.4. The van der Waals surface area contributed by atoms with E-state index in [1.165, 1.54) is 4.88 Å². The Kier molecular flexibility index (Phi) is 6.09. The highest BCUT2D eigenvalue weighted by molar-refractivity contribution is 7.10. The Labute approximate surface area is 151 Å². The van der Waals surface area contributed by atoms with Crippen LogP contribution in [0, 0.1) is 5.41 Å². The second-order valence-corrected chi connectivity index (χ2v) is 8.13. The molecule has 0 aliphatic rings. The summed E-state index contributed by atoms with van der Waals surface area (Å²) in [6, 6.07) is 9.32. The van der Waals surface area contributed by atoms with Crippen LogP contribution in [0.15, 0.2) is 35.7 Å². The second kappa shape index (κ2) is 7.67. The van der Waals surface area contributed by atoms with Gasteiger partial charge in [-0.15, -0.1) is 11.3 Å². The molecule has 0 aliphatic heterocycles. The van der Waals surface area contributed by atoms with Crippen molar-refractivity contribution in [1.82, 2.24) is 5.32 Å². The molecule has 2 aromatic rings. The average Bonchev–Trinajstić information content (AvgIpc) is 2.95. The summed E-state index contributed by atoms with van der Waals surface area (Å²) >= 11 is 13.8. The van der Waals surface area contributed by atoms with Crippen molar-refractivity contribution in [1.29, 1.82) is 0 Å². The normalized spacial score (nSPS) is 12.9. The van der Waals surface area contributed by atoms with Crippen molar-refractivity contribution in [2.24, 2.45) is 5.41 Å². The fourth-order valence-corrected chi connectivity index (χ4v) is 3.82. The monoisotopic (exact) mass is 370 g/mol. The molecule has 0 aliphatic carbocycles. The van der Waals surface area contributed by atoms with E-state index in [0.717, 1.165) is 0 Å². The van der Waals surface area contributed by atoms with E-state index in [-0.39, 0.29) is 23.9 Å². The quantitative estimate of drug-likeness (QED) is 0.742. The molecule has 3 nitrogen and oxygen atoms in total. The zero-order valence-electron chi connectivity index (χ0n) is 13.3. The topological polar surface area (TPSA) is 41.1 Å². The summed E-state index contributed by atoms with van der Waals surface area (Å²) < 4.78 is 0. The Bertz CT molecular complexity index is 645. The van der Waals surface area contributed by atoms with Crippen molar-refractivity contribution < 1.29 is 4.79 Å². The number of carbonyl (C=O) groups excluding carboxylic acids is 1. The van der Waals surface area contributed by atoms with Crippen LogP contribution in [0.2, 0.25) is 10.0 Å². The predicted molar refractivity (Wildman–Crippen MR) is 99.6 cm³/mol. The fraction of sp³-hybridized carbons (Fsp3) is 0.353. The lowest BCUT2D eigenvalue weighted by atomic mass is 9.86. The lowest BCUT2D eigenvalue weighted by Crippen LogP contribution is -2.37. The van der Waals surface area contributed by atoms with Gasteiger partial charge in [0, 0.05) is 10.9 Å². The third-order valence-corrected chi connectivity index (χ3v) is 4.95. The number of anilines is 1. The van der Waals surface area contributed by atoms with Crippen LogP contribution in [-0.4, -0.2) is 12.5 Å². The minimum absolute atomic E-state index is 0.00678. The number of carbonyl (C=O) groups is 1. The van der Waals surface area contributed by atoms with Gasteiger partial charge in [-0.3, -0.25) is 4.79 Å². The van der Waals surface area contributed by atoms with Crippen LogP contribution in [0.5, 0.6) is 0 Å². The molecule has 23 heavy (non-hydrogen) atoms. The summed E-state index contributed by atoms with van der Waals surface area (Å²) in [7, 11) is 0. The molecule has 0 radical (unpaired) electrons. The van der Waals surface area contributed by atoms with Gasteiger partial charge >= 0.3 is 0 Å². The molecule has 0 saturated carbocycles. The van der Waals surface area contributed by atoms with Crippen molar-refractivity contribution >= 4 is 46.1 Å². The maximum atomic E-state index is 12.2. The van der Waals surface area contributed by atoms with E-state index >= 15 is 0 Å². The van der Waals surface area contributed by atoms with Crippen molar-refractivity contribution in [2.45, 2.75) is 26.8 Å². The molecule has 6 heteroatoms. The maximum Gasteiger partial charge on any atom is 0.238 e. The van der Waals surface area contributed by atoms with Crippen molar-refractivity contribution in [3.8, 4) is 0 Å². The van der Waals surface area contributed by atoms with Gasteiger partial charge in [0.2, 0.25) is 5.91 Å². The van der Waals surface area contributed by atoms with E-state index < -0.39 is 0 Å². The molecule has 1 heterocycles. The highest BCUT2D eigenvalue weighted by Crippen LogP contribution is 2.35. The highest BCUT2D eigenvalue weighted by Gasteiger charge is 2.27. The van der Waals surface area contributed by atoms with Crippen LogP contribution in [0.3, 0.4) is 0 Å². The third kappa shape index (κ3) is 4.95. The molecule has 1 unspecified atom stereocenters. The number of benzene rings is 1. The van der Waals surface area contributed by atoms with Gasteiger partial charge in [0.05, 0.1) is 22.3 Å². The first kappa shape index (κ1) is 18.3. The van der Waals surface area contributed by atoms with Gasteiger partial charge in [-0.25, -0.2) is 0 Å². The van der Waals surface area contributed by atoms with Gasteiger partial charge in [0.1, 0.15) is 0 Å². The molecule has 0 saturated heterocycles. The van der Waals surface area contributed by atoms with Gasteiger partial charge in [0.15, 0.2) is 0 Å². The molecule has 0 bridgehead atoms. The average molecular weight is 371 g/mol. The zero-order valence-corrected chi connectivity index (χ0v) is 15.6. The van der Waals surface area contributed by atoms with Gasteiger partial charge in [-0.05, 0) is 29.0 Å². The van der Waals surface area contributed by atoms with Gasteiger partial charge in [-0.1, -0.05) is 56.1 Å². The van der Waals surface area contributed by atoms with Crippen LogP contribution in [0.25, 0.3) is 0 Å². The number of amides is 1. The van der Waals surface area contributed by atoms with E-state index in [4.69, 9.17) is 23.2 Å². The smallest absolute Gasteiger partial charge is 0.238 e. The summed E-state index contributed by atoms with van der Waals surface area (Å²) in [5.74, 6) is -0.175. The Morgan fingerprint density at radius 3 is 2.35 bits per heavy atom. The Morgan fingerprint density at radius 1 is 1.17 bits per heavy atom. The molecule has 0 fully saturated rings. The number of hydrogen-bond donors (Lipinski definition) is 2. The largest absolute Gasteiger partial charge is 0.322 e. The van der Waals surface area contributed by atoms with E-state index in [1.807, 2.05) is 11.4 Å². The van der Waals surface area contributed by atoms with Gasteiger partial charge in [-0.2, -0.15) is 0 Å². The van der Waals surface area contributed by atoms with Gasteiger partial charge in [0.25, 0.3) is 0 Å². The van der Waals surface area contributed by atoms with E-state index in [9.17, 15) is 4.79 Å². The van der Waals surface area contributed by atoms with E-state index in [1.54, 1.807) is 29.5 Å². The number of halogens is 2. The molecular weight excluding hydrogens is 351 g/mol. The number of nitrogens with one attached hydrogen (secondary N) is 2. The van der Waals surface area contributed by atoms with Crippen LogP contribution in [0.4, 0.5) is 5.69 Å². The van der Waals surface area contributed by atoms with Crippen LogP contribution < -0.4 is 10.6 Å². The van der Waals surface area contributed by atoms with E-state index in [2.05, 4.69) is 37.5 Å². The predicted octanol–water partition coefficient (Wildman–Crippen LogP) is 5.37. The maximum absolute atomic E-state index is 12.2. The van der Waals surface area contributed by atoms with Crippen molar-refractivity contribution in [3.05, 3.63) is 50.6 Å². The van der Waals surface area contributed by atoms with Crippen LogP contribution in [-0.2, 0) is 4.79 Å². The van der Waals surface area contributed by atoms with Crippen molar-refractivity contribution in [2.75, 3.05) is 11.9 Å². The highest BCUT2D eigenvalue weighted by atomic mass is 35.5. The van der Waals surface area contributed by atoms with Crippen molar-refractivity contribution in [3.63, 3.8) is 0 Å². The number of para-hydroxylation sites is 1. The molecule has 2 rings (SSSR count). The molecule has 1 amide bonds. The van der Waals surface area contributed by atoms with Crippen LogP contribution >= 0.6 is 34.5 Å². The van der Waals surface area contributed by atoms with Crippen LogP contribution in [0.1, 0.15) is 31.7 Å². The minimum Gasteiger partial charge on any atom is -0.322 e. The first-order chi connectivity index (χ1) is 10.8. The SMILES string of the molecule is CC(C)(C)C(NCC(=O)Nc1c(Cl)cccc1Cl)c1cccs1. The molecule has 124 valence electrons. The Balaban J connectivity index is 2.03. The molecular formula is C17H20Cl2N2OS. The second-order valence-electron chi connectivity index (χ2n) is 6.34. The lowest BCUT2D eigenvalue weighted by molar-refractivity contribution is -0.115. The molecule has 2 N–H and O–H groups in total. The molecule has 1 aromatic carbocycles. The summed E-state index contributed by atoms with van der Waals surface area (Å²) in [5.41, 5.74) is 0.443. The fourth-order valence-electron chi connectivity index (χ4n) is 2.28.